The van der Waals surface area contributed by atoms with Crippen molar-refractivity contribution in [2.45, 2.75) is 6.92 Å². The molecule has 0 bridgehead atoms. The molecule has 0 saturated carbocycles. The van der Waals surface area contributed by atoms with Gasteiger partial charge in [-0.25, -0.2) is 4.98 Å². The van der Waals surface area contributed by atoms with Crippen LogP contribution in [0.25, 0.3) is 0 Å². The van der Waals surface area contributed by atoms with Gasteiger partial charge in [-0.3, -0.25) is 9.89 Å². The first-order valence-electron chi connectivity index (χ1n) is 3.52. The Hall–Kier alpha value is -1.43. The first kappa shape index (κ1) is 8.66. The number of H-pyrrole nitrogens is 1. The van der Waals surface area contributed by atoms with E-state index in [0.717, 1.165) is 0 Å². The molecule has 0 unspecified atom stereocenters. The van der Waals surface area contributed by atoms with E-state index in [1.54, 1.807) is 6.92 Å². The van der Waals surface area contributed by atoms with Crippen LogP contribution in [0.5, 0.6) is 0 Å². The van der Waals surface area contributed by atoms with Crippen molar-refractivity contribution in [1.29, 1.82) is 0 Å². The third kappa shape index (κ3) is 2.03. The van der Waals surface area contributed by atoms with Gasteiger partial charge in [0.25, 0.3) is 5.91 Å². The van der Waals surface area contributed by atoms with Crippen LogP contribution in [0, 0.1) is 6.92 Å². The maximum atomic E-state index is 11.0. The Kier molecular flexibility index (Phi) is 2.76. The highest BCUT2D eigenvalue weighted by atomic mass is 16.3. The van der Waals surface area contributed by atoms with E-state index in [1.165, 1.54) is 0 Å². The van der Waals surface area contributed by atoms with Crippen LogP contribution in [0.4, 0.5) is 0 Å². The van der Waals surface area contributed by atoms with Crippen molar-refractivity contribution < 1.29 is 9.90 Å². The first-order valence-corrected chi connectivity index (χ1v) is 3.52. The Morgan fingerprint density at radius 3 is 3.00 bits per heavy atom. The van der Waals surface area contributed by atoms with E-state index in [-0.39, 0.29) is 24.9 Å². The van der Waals surface area contributed by atoms with Crippen LogP contribution in [-0.4, -0.2) is 39.3 Å². The highest BCUT2D eigenvalue weighted by molar-refractivity contribution is 5.90. The van der Waals surface area contributed by atoms with E-state index in [2.05, 4.69) is 20.5 Å². The summed E-state index contributed by atoms with van der Waals surface area (Å²) in [5.74, 6) is 0.304. The van der Waals surface area contributed by atoms with Crippen LogP contribution in [0.2, 0.25) is 0 Å². The number of aliphatic hydroxyl groups excluding tert-OH is 1. The van der Waals surface area contributed by atoms with Crippen molar-refractivity contribution in [3.63, 3.8) is 0 Å². The number of carbonyl (C=O) groups is 1. The maximum absolute atomic E-state index is 11.0. The predicted molar refractivity (Wildman–Crippen MR) is 40.5 cm³/mol. The summed E-state index contributed by atoms with van der Waals surface area (Å²) >= 11 is 0. The Labute approximate surface area is 69.0 Å². The Morgan fingerprint density at radius 2 is 2.50 bits per heavy atom. The molecule has 0 radical (unpaired) electrons. The summed E-state index contributed by atoms with van der Waals surface area (Å²) in [4.78, 5) is 14.9. The highest BCUT2D eigenvalue weighted by Gasteiger charge is 2.08. The zero-order valence-corrected chi connectivity index (χ0v) is 6.66. The third-order valence-corrected chi connectivity index (χ3v) is 1.20. The van der Waals surface area contributed by atoms with Crippen LogP contribution in [-0.2, 0) is 0 Å². The zero-order valence-electron chi connectivity index (χ0n) is 6.66. The number of nitrogens with one attached hydrogen (secondary N) is 2. The van der Waals surface area contributed by atoms with Crippen molar-refractivity contribution in [3.05, 3.63) is 11.6 Å². The van der Waals surface area contributed by atoms with Crippen LogP contribution in [0.3, 0.4) is 0 Å². The molecule has 3 N–H and O–H groups in total. The number of nitrogens with zero attached hydrogens (tertiary/aromatic N) is 2. The number of hydrogen-bond acceptors (Lipinski definition) is 4. The second-order valence-corrected chi connectivity index (χ2v) is 2.22. The Bertz CT molecular complexity index is 270. The van der Waals surface area contributed by atoms with Crippen LogP contribution in [0.15, 0.2) is 0 Å². The average Bonchev–Trinajstić information content (AvgIpc) is 2.47. The van der Waals surface area contributed by atoms with E-state index in [4.69, 9.17) is 5.11 Å². The number of aromatic nitrogens is 3. The van der Waals surface area contributed by atoms with Gasteiger partial charge in [-0.2, -0.15) is 0 Å². The van der Waals surface area contributed by atoms with Gasteiger partial charge in [-0.15, -0.1) is 5.10 Å². The second-order valence-electron chi connectivity index (χ2n) is 2.22. The minimum Gasteiger partial charge on any atom is -0.395 e. The molecular formula is C6H10N4O2. The minimum absolute atomic E-state index is 0.0881. The lowest BCUT2D eigenvalue weighted by atomic mass is 10.5. The molecule has 0 spiro atoms. The van der Waals surface area contributed by atoms with Gasteiger partial charge >= 0.3 is 0 Å². The second kappa shape index (κ2) is 3.82. The molecule has 0 saturated heterocycles. The maximum Gasteiger partial charge on any atom is 0.291 e. The molecule has 6 nitrogen and oxygen atoms in total. The summed E-state index contributed by atoms with van der Waals surface area (Å²) in [7, 11) is 0. The van der Waals surface area contributed by atoms with Gasteiger partial charge in [0, 0.05) is 6.54 Å². The minimum atomic E-state index is -0.381. The summed E-state index contributed by atoms with van der Waals surface area (Å²) in [5, 5.41) is 17.0. The van der Waals surface area contributed by atoms with Gasteiger partial charge in [-0.05, 0) is 6.92 Å². The topological polar surface area (TPSA) is 90.9 Å². The van der Waals surface area contributed by atoms with E-state index in [9.17, 15) is 4.79 Å². The van der Waals surface area contributed by atoms with Crippen molar-refractivity contribution in [2.24, 2.45) is 0 Å². The first-order chi connectivity index (χ1) is 5.74. The SMILES string of the molecule is Cc1nc(C(=O)NCCO)n[nH]1. The molecule has 1 heterocycles. The number of aliphatic hydroxyl groups is 1. The Balaban J connectivity index is 2.53. The lowest BCUT2D eigenvalue weighted by Gasteiger charge is -1.96. The van der Waals surface area contributed by atoms with Gasteiger partial charge in [0.1, 0.15) is 5.82 Å². The molecule has 0 aliphatic carbocycles. The number of aryl methyl sites for hydroxylation is 1. The molecule has 0 aromatic carbocycles. The number of rotatable bonds is 3. The lowest BCUT2D eigenvalue weighted by Crippen LogP contribution is -2.27. The molecule has 6 heteroatoms. The number of aromatic amines is 1. The molecule has 1 amide bonds. The standard InChI is InChI=1S/C6H10N4O2/c1-4-8-5(10-9-4)6(12)7-2-3-11/h11H,2-3H2,1H3,(H,7,12)(H,8,9,10). The molecule has 0 atom stereocenters. The largest absolute Gasteiger partial charge is 0.395 e. The fraction of sp³-hybridized carbons (Fsp3) is 0.500. The number of hydrogen-bond donors (Lipinski definition) is 3. The van der Waals surface area contributed by atoms with Crippen molar-refractivity contribution in [3.8, 4) is 0 Å². The van der Waals surface area contributed by atoms with Gasteiger partial charge in [-0.1, -0.05) is 0 Å². The highest BCUT2D eigenvalue weighted by Crippen LogP contribution is 1.89. The molecule has 1 aromatic heterocycles. The van der Waals surface area contributed by atoms with E-state index in [1.807, 2.05) is 0 Å². The Morgan fingerprint density at radius 1 is 1.75 bits per heavy atom. The normalized spacial score (nSPS) is 9.83. The van der Waals surface area contributed by atoms with Crippen LogP contribution in [0.1, 0.15) is 16.4 Å². The molecule has 0 aliphatic rings. The summed E-state index contributed by atoms with van der Waals surface area (Å²) < 4.78 is 0. The summed E-state index contributed by atoms with van der Waals surface area (Å²) in [5.41, 5.74) is 0. The van der Waals surface area contributed by atoms with Gasteiger partial charge in [0.15, 0.2) is 0 Å². The molecule has 0 aliphatic heterocycles. The smallest absolute Gasteiger partial charge is 0.291 e. The fourth-order valence-corrected chi connectivity index (χ4v) is 0.693. The molecule has 0 fully saturated rings. The molecule has 1 aromatic rings. The summed E-state index contributed by atoms with van der Waals surface area (Å²) in [6.07, 6.45) is 0. The van der Waals surface area contributed by atoms with E-state index >= 15 is 0 Å². The van der Waals surface area contributed by atoms with Crippen molar-refractivity contribution in [2.75, 3.05) is 13.2 Å². The number of carbonyl (C=O) groups excluding carboxylic acids is 1. The van der Waals surface area contributed by atoms with Crippen LogP contribution >= 0.6 is 0 Å². The van der Waals surface area contributed by atoms with E-state index < -0.39 is 0 Å². The lowest BCUT2D eigenvalue weighted by molar-refractivity contribution is 0.0934. The van der Waals surface area contributed by atoms with Crippen molar-refractivity contribution >= 4 is 5.91 Å². The van der Waals surface area contributed by atoms with Gasteiger partial charge < -0.3 is 10.4 Å². The molecular weight excluding hydrogens is 160 g/mol. The summed E-state index contributed by atoms with van der Waals surface area (Å²) in [6, 6.07) is 0. The van der Waals surface area contributed by atoms with E-state index in [0.29, 0.717) is 5.82 Å². The van der Waals surface area contributed by atoms with Gasteiger partial charge in [0.05, 0.1) is 6.61 Å². The monoisotopic (exact) mass is 170 g/mol. The molecule has 12 heavy (non-hydrogen) atoms. The predicted octanol–water partition coefficient (Wildman–Crippen LogP) is -1.16. The van der Waals surface area contributed by atoms with Crippen LogP contribution < -0.4 is 5.32 Å². The van der Waals surface area contributed by atoms with Crippen molar-refractivity contribution in [1.82, 2.24) is 20.5 Å². The zero-order chi connectivity index (χ0) is 8.97. The fourth-order valence-electron chi connectivity index (χ4n) is 0.693. The number of amides is 1. The molecule has 66 valence electrons. The quantitative estimate of drug-likeness (QED) is 0.533. The third-order valence-electron chi connectivity index (χ3n) is 1.20. The molecule has 1 rings (SSSR count). The summed E-state index contributed by atoms with van der Waals surface area (Å²) in [6.45, 7) is 1.83. The van der Waals surface area contributed by atoms with Gasteiger partial charge in [0.2, 0.25) is 5.82 Å². The average molecular weight is 170 g/mol.